The van der Waals surface area contributed by atoms with Crippen molar-refractivity contribution in [1.29, 1.82) is 0 Å². The van der Waals surface area contributed by atoms with Gasteiger partial charge in [-0.3, -0.25) is 0 Å². The third-order valence-electron chi connectivity index (χ3n) is 5.42. The summed E-state index contributed by atoms with van der Waals surface area (Å²) < 4.78 is 0. The molecule has 0 aromatic heterocycles. The first kappa shape index (κ1) is 19.3. The van der Waals surface area contributed by atoms with Crippen LogP contribution in [0.5, 0.6) is 11.5 Å². The lowest BCUT2D eigenvalue weighted by Crippen LogP contribution is -2.18. The molecular formula is C22H30O3. The smallest absolute Gasteiger partial charge is 0.126 e. The zero-order valence-electron chi connectivity index (χ0n) is 15.5. The van der Waals surface area contributed by atoms with Gasteiger partial charge in [0.15, 0.2) is 0 Å². The van der Waals surface area contributed by atoms with Crippen LogP contribution in [0.25, 0.3) is 0 Å². The molecule has 136 valence electrons. The fourth-order valence-electron chi connectivity index (χ4n) is 3.57. The molecule has 3 atom stereocenters. The molecule has 0 saturated carbocycles. The second kappa shape index (κ2) is 7.92. The van der Waals surface area contributed by atoms with Gasteiger partial charge >= 0.3 is 0 Å². The maximum absolute atomic E-state index is 10.6. The Morgan fingerprint density at radius 2 is 1.96 bits per heavy atom. The normalized spacial score (nSPS) is 21.1. The Balaban J connectivity index is 2.29. The van der Waals surface area contributed by atoms with Crippen LogP contribution in [0.4, 0.5) is 0 Å². The summed E-state index contributed by atoms with van der Waals surface area (Å²) in [7, 11) is 0. The summed E-state index contributed by atoms with van der Waals surface area (Å²) in [5.41, 5.74) is 4.07. The summed E-state index contributed by atoms with van der Waals surface area (Å²) in [6.45, 7) is 13.6. The van der Waals surface area contributed by atoms with Gasteiger partial charge in [-0.15, -0.1) is 0 Å². The highest BCUT2D eigenvalue weighted by atomic mass is 16.3. The van der Waals surface area contributed by atoms with Crippen molar-refractivity contribution >= 4 is 0 Å². The van der Waals surface area contributed by atoms with Crippen molar-refractivity contribution in [3.05, 3.63) is 59.2 Å². The molecule has 0 heterocycles. The van der Waals surface area contributed by atoms with Crippen LogP contribution in [0.1, 0.15) is 55.2 Å². The molecule has 0 saturated heterocycles. The number of allylic oxidation sites excluding steroid dienone is 3. The number of aliphatic hydroxyl groups is 1. The molecule has 3 N–H and O–H groups in total. The number of aliphatic hydroxyl groups excluding tert-OH is 1. The van der Waals surface area contributed by atoms with Crippen molar-refractivity contribution < 1.29 is 15.3 Å². The quantitative estimate of drug-likeness (QED) is 0.635. The minimum atomic E-state index is -0.516. The van der Waals surface area contributed by atoms with Crippen LogP contribution >= 0.6 is 0 Å². The largest absolute Gasteiger partial charge is 0.507 e. The van der Waals surface area contributed by atoms with E-state index in [4.69, 9.17) is 0 Å². The molecule has 1 unspecified atom stereocenters. The molecule has 1 aromatic carbocycles. The molecule has 2 rings (SSSR count). The molecule has 0 amide bonds. The third kappa shape index (κ3) is 4.16. The van der Waals surface area contributed by atoms with E-state index in [9.17, 15) is 15.3 Å². The van der Waals surface area contributed by atoms with E-state index >= 15 is 0 Å². The van der Waals surface area contributed by atoms with Crippen LogP contribution < -0.4 is 0 Å². The average molecular weight is 342 g/mol. The molecule has 0 aliphatic heterocycles. The van der Waals surface area contributed by atoms with E-state index in [2.05, 4.69) is 25.3 Å². The number of hydrogen-bond acceptors (Lipinski definition) is 3. The van der Waals surface area contributed by atoms with Gasteiger partial charge in [-0.05, 0) is 69.6 Å². The van der Waals surface area contributed by atoms with Gasteiger partial charge in [0.25, 0.3) is 0 Å². The van der Waals surface area contributed by atoms with Gasteiger partial charge in [0, 0.05) is 11.5 Å². The summed E-state index contributed by atoms with van der Waals surface area (Å²) in [5.74, 6) is 0.356. The second-order valence-electron chi connectivity index (χ2n) is 7.30. The Hall–Kier alpha value is -2.00. The zero-order valence-corrected chi connectivity index (χ0v) is 15.5. The standard InChI is InChI=1S/C22H30O3/c1-13(2)19(23)11-10-14(3)17-8-6-7-9-18(17)21-20(24)12-15(4)16(5)22(21)25/h7,9,12,17-19,23-25H,1,3,6,8,10-11H2,2,4-5H3/t17-,18+,19?/m1/s1. The maximum Gasteiger partial charge on any atom is 0.126 e. The minimum Gasteiger partial charge on any atom is -0.507 e. The maximum atomic E-state index is 10.6. The van der Waals surface area contributed by atoms with Crippen LogP contribution in [0.15, 0.2) is 42.5 Å². The number of hydrogen-bond donors (Lipinski definition) is 3. The fraction of sp³-hybridized carbons (Fsp3) is 0.455. The molecule has 0 spiro atoms. The zero-order chi connectivity index (χ0) is 18.7. The van der Waals surface area contributed by atoms with Gasteiger partial charge in [-0.25, -0.2) is 0 Å². The van der Waals surface area contributed by atoms with E-state index in [1.807, 2.05) is 20.8 Å². The molecule has 1 aliphatic carbocycles. The lowest BCUT2D eigenvalue weighted by atomic mass is 9.73. The van der Waals surface area contributed by atoms with Gasteiger partial charge < -0.3 is 15.3 Å². The Morgan fingerprint density at radius 3 is 2.60 bits per heavy atom. The summed E-state index contributed by atoms with van der Waals surface area (Å²) in [6, 6.07) is 1.72. The minimum absolute atomic E-state index is 0.0949. The molecular weight excluding hydrogens is 312 g/mol. The van der Waals surface area contributed by atoms with Gasteiger partial charge in [0.05, 0.1) is 6.10 Å². The van der Waals surface area contributed by atoms with Crippen LogP contribution in [0.2, 0.25) is 0 Å². The van der Waals surface area contributed by atoms with E-state index in [-0.39, 0.29) is 23.3 Å². The molecule has 25 heavy (non-hydrogen) atoms. The Kier molecular flexibility index (Phi) is 6.12. The summed E-state index contributed by atoms with van der Waals surface area (Å²) in [4.78, 5) is 0. The molecule has 1 aromatic rings. The number of aromatic hydroxyl groups is 2. The van der Waals surface area contributed by atoms with Crippen molar-refractivity contribution in [1.82, 2.24) is 0 Å². The van der Waals surface area contributed by atoms with E-state index in [1.165, 1.54) is 0 Å². The van der Waals surface area contributed by atoms with Gasteiger partial charge in [-0.2, -0.15) is 0 Å². The molecule has 0 fully saturated rings. The molecule has 0 bridgehead atoms. The molecule has 3 heteroatoms. The van der Waals surface area contributed by atoms with E-state index in [1.54, 1.807) is 6.07 Å². The molecule has 0 radical (unpaired) electrons. The predicted octanol–water partition coefficient (Wildman–Crippen LogP) is 5.04. The topological polar surface area (TPSA) is 60.7 Å². The third-order valence-corrected chi connectivity index (χ3v) is 5.42. The van der Waals surface area contributed by atoms with Crippen LogP contribution in [0, 0.1) is 19.8 Å². The fourth-order valence-corrected chi connectivity index (χ4v) is 3.57. The number of phenols is 2. The predicted molar refractivity (Wildman–Crippen MR) is 103 cm³/mol. The van der Waals surface area contributed by atoms with Crippen LogP contribution in [0.3, 0.4) is 0 Å². The number of rotatable bonds is 6. The SMILES string of the molecule is C=C(C)C(O)CCC(=C)[C@H]1CCC=C[C@@H]1c1c(O)cc(C)c(C)c1O. The van der Waals surface area contributed by atoms with Crippen LogP contribution in [-0.2, 0) is 0 Å². The highest BCUT2D eigenvalue weighted by Crippen LogP contribution is 2.47. The number of benzene rings is 1. The second-order valence-corrected chi connectivity index (χ2v) is 7.30. The van der Waals surface area contributed by atoms with Gasteiger partial charge in [0.2, 0.25) is 0 Å². The highest BCUT2D eigenvalue weighted by molar-refractivity contribution is 5.55. The van der Waals surface area contributed by atoms with E-state index < -0.39 is 6.10 Å². The average Bonchev–Trinajstić information content (AvgIpc) is 2.57. The van der Waals surface area contributed by atoms with Crippen molar-refractivity contribution in [2.75, 3.05) is 0 Å². The summed E-state index contributed by atoms with van der Waals surface area (Å²) in [5, 5.41) is 31.1. The van der Waals surface area contributed by atoms with E-state index in [0.717, 1.165) is 35.1 Å². The molecule has 3 nitrogen and oxygen atoms in total. The first-order valence-electron chi connectivity index (χ1n) is 8.93. The Bertz CT molecular complexity index is 700. The summed E-state index contributed by atoms with van der Waals surface area (Å²) >= 11 is 0. The van der Waals surface area contributed by atoms with Crippen LogP contribution in [-0.4, -0.2) is 21.4 Å². The molecule has 1 aliphatic rings. The van der Waals surface area contributed by atoms with Crippen molar-refractivity contribution in [3.8, 4) is 11.5 Å². The lowest BCUT2D eigenvalue weighted by Gasteiger charge is -2.31. The number of phenolic OH excluding ortho intramolecular Hbond substituents is 2. The van der Waals surface area contributed by atoms with E-state index in [0.29, 0.717) is 18.4 Å². The van der Waals surface area contributed by atoms with Gasteiger partial charge in [-0.1, -0.05) is 36.5 Å². The van der Waals surface area contributed by atoms with Gasteiger partial charge in [0.1, 0.15) is 11.5 Å². The lowest BCUT2D eigenvalue weighted by molar-refractivity contribution is 0.199. The Morgan fingerprint density at radius 1 is 1.28 bits per heavy atom. The van der Waals surface area contributed by atoms with Crippen molar-refractivity contribution in [2.45, 2.75) is 58.5 Å². The van der Waals surface area contributed by atoms with Crippen molar-refractivity contribution in [2.24, 2.45) is 5.92 Å². The first-order valence-corrected chi connectivity index (χ1v) is 8.93. The van der Waals surface area contributed by atoms with Crippen molar-refractivity contribution in [3.63, 3.8) is 0 Å². The Labute approximate surface area is 151 Å². The highest BCUT2D eigenvalue weighted by Gasteiger charge is 2.30. The monoisotopic (exact) mass is 342 g/mol. The first-order chi connectivity index (χ1) is 11.7. The summed E-state index contributed by atoms with van der Waals surface area (Å²) in [6.07, 6.45) is 6.84. The number of aryl methyl sites for hydroxylation is 1.